The topological polar surface area (TPSA) is 95.7 Å². The van der Waals surface area contributed by atoms with E-state index in [1.165, 1.54) is 17.0 Å². The lowest BCUT2D eigenvalue weighted by Crippen LogP contribution is -2.30. The minimum Gasteiger partial charge on any atom is -0.391 e. The van der Waals surface area contributed by atoms with Gasteiger partial charge in [-0.15, -0.1) is 0 Å². The van der Waals surface area contributed by atoms with Crippen LogP contribution < -0.4 is 5.32 Å². The molecule has 2 N–H and O–H groups in total. The van der Waals surface area contributed by atoms with Gasteiger partial charge in [-0.2, -0.15) is 0 Å². The van der Waals surface area contributed by atoms with Crippen LogP contribution in [0.5, 0.6) is 0 Å². The minimum absolute atomic E-state index is 0.116. The van der Waals surface area contributed by atoms with Gasteiger partial charge in [0.15, 0.2) is 0 Å². The Morgan fingerprint density at radius 1 is 1.60 bits per heavy atom. The predicted molar refractivity (Wildman–Crippen MR) is 73.8 cm³/mol. The number of nitrogens with one attached hydrogen (secondary N) is 1. The van der Waals surface area contributed by atoms with Crippen LogP contribution >= 0.6 is 0 Å². The molecule has 0 saturated carbocycles. The van der Waals surface area contributed by atoms with Crippen molar-refractivity contribution in [2.45, 2.75) is 19.4 Å². The Bertz CT molecular complexity index is 532. The zero-order valence-corrected chi connectivity index (χ0v) is 11.2. The first-order valence-electron chi connectivity index (χ1n) is 6.52. The van der Waals surface area contributed by atoms with E-state index < -0.39 is 11.0 Å². The number of hydrogen-bond donors (Lipinski definition) is 2. The Hall–Kier alpha value is -2.15. The molecule has 0 aliphatic carbocycles. The largest absolute Gasteiger partial charge is 0.391 e. The van der Waals surface area contributed by atoms with Crippen molar-refractivity contribution in [3.8, 4) is 0 Å². The molecule has 1 heterocycles. The maximum atomic E-state index is 12.4. The third-order valence-electron chi connectivity index (χ3n) is 3.26. The van der Waals surface area contributed by atoms with E-state index in [1.54, 1.807) is 6.07 Å². The number of amides is 1. The summed E-state index contributed by atoms with van der Waals surface area (Å²) < 4.78 is 0. The number of β-amino-alcohol motifs (C(OH)–C–C–N with tert-alkyl or cyclic N) is 1. The fourth-order valence-electron chi connectivity index (χ4n) is 2.26. The van der Waals surface area contributed by atoms with Gasteiger partial charge in [0.05, 0.1) is 16.6 Å². The van der Waals surface area contributed by atoms with Gasteiger partial charge in [0, 0.05) is 37.5 Å². The number of nitrogens with zero attached hydrogens (tertiary/aromatic N) is 2. The van der Waals surface area contributed by atoms with E-state index in [1.807, 2.05) is 6.92 Å². The van der Waals surface area contributed by atoms with Crippen LogP contribution in [-0.4, -0.2) is 46.6 Å². The van der Waals surface area contributed by atoms with Gasteiger partial charge in [-0.05, 0) is 19.4 Å². The SMILES string of the molecule is CCNc1ccc([N+](=O)[O-])cc1C(=O)N1CCC(O)C1. The number of non-ortho nitro benzene ring substituents is 1. The van der Waals surface area contributed by atoms with E-state index in [2.05, 4.69) is 5.32 Å². The standard InChI is InChI=1S/C13H17N3O4/c1-2-14-12-4-3-9(16(19)20)7-11(12)13(18)15-6-5-10(17)8-15/h3-4,7,10,14,17H,2,5-6,8H2,1H3. The highest BCUT2D eigenvalue weighted by Gasteiger charge is 2.27. The minimum atomic E-state index is -0.522. The molecule has 1 aliphatic heterocycles. The lowest BCUT2D eigenvalue weighted by atomic mass is 10.1. The molecule has 0 bridgehead atoms. The van der Waals surface area contributed by atoms with E-state index in [0.717, 1.165) is 0 Å². The second kappa shape index (κ2) is 5.87. The maximum absolute atomic E-state index is 12.4. The van der Waals surface area contributed by atoms with Gasteiger partial charge in [0.25, 0.3) is 11.6 Å². The van der Waals surface area contributed by atoms with Crippen LogP contribution in [0, 0.1) is 10.1 Å². The summed E-state index contributed by atoms with van der Waals surface area (Å²) in [5.41, 5.74) is 0.731. The van der Waals surface area contributed by atoms with Crippen LogP contribution in [0.15, 0.2) is 18.2 Å². The number of rotatable bonds is 4. The molecular weight excluding hydrogens is 262 g/mol. The van der Waals surface area contributed by atoms with Gasteiger partial charge in [0.2, 0.25) is 0 Å². The zero-order chi connectivity index (χ0) is 14.7. The second-order valence-electron chi connectivity index (χ2n) is 4.71. The predicted octanol–water partition coefficient (Wildman–Crippen LogP) is 1.23. The molecule has 1 aromatic carbocycles. The highest BCUT2D eigenvalue weighted by atomic mass is 16.6. The molecule has 7 nitrogen and oxygen atoms in total. The molecule has 108 valence electrons. The van der Waals surface area contributed by atoms with Gasteiger partial charge < -0.3 is 15.3 Å². The first-order chi connectivity index (χ1) is 9.52. The Morgan fingerprint density at radius 3 is 2.90 bits per heavy atom. The number of carbonyl (C=O) groups excluding carboxylic acids is 1. The molecule has 0 radical (unpaired) electrons. The van der Waals surface area contributed by atoms with Gasteiger partial charge >= 0.3 is 0 Å². The summed E-state index contributed by atoms with van der Waals surface area (Å²) >= 11 is 0. The summed E-state index contributed by atoms with van der Waals surface area (Å²) in [6.45, 7) is 3.23. The van der Waals surface area contributed by atoms with E-state index in [4.69, 9.17) is 0 Å². The van der Waals surface area contributed by atoms with Crippen LogP contribution in [-0.2, 0) is 0 Å². The highest BCUT2D eigenvalue weighted by molar-refractivity contribution is 6.00. The van der Waals surface area contributed by atoms with Gasteiger partial charge in [0.1, 0.15) is 0 Å². The van der Waals surface area contributed by atoms with Crippen molar-refractivity contribution >= 4 is 17.3 Å². The first kappa shape index (κ1) is 14.3. The summed E-state index contributed by atoms with van der Waals surface area (Å²) in [7, 11) is 0. The van der Waals surface area contributed by atoms with Gasteiger partial charge in [-0.25, -0.2) is 0 Å². The molecule has 1 atom stereocenters. The molecule has 1 saturated heterocycles. The summed E-state index contributed by atoms with van der Waals surface area (Å²) in [5.74, 6) is -0.291. The second-order valence-corrected chi connectivity index (χ2v) is 4.71. The number of aliphatic hydroxyl groups is 1. The molecule has 1 fully saturated rings. The molecule has 1 aliphatic rings. The number of hydrogen-bond acceptors (Lipinski definition) is 5. The van der Waals surface area contributed by atoms with Crippen molar-refractivity contribution in [2.24, 2.45) is 0 Å². The average Bonchev–Trinajstić information content (AvgIpc) is 2.85. The normalized spacial score (nSPS) is 18.1. The van der Waals surface area contributed by atoms with Crippen molar-refractivity contribution in [1.82, 2.24) is 4.90 Å². The van der Waals surface area contributed by atoms with Gasteiger partial charge in [-0.3, -0.25) is 14.9 Å². The maximum Gasteiger partial charge on any atom is 0.270 e. The van der Waals surface area contributed by atoms with E-state index in [9.17, 15) is 20.0 Å². The molecular formula is C13H17N3O4. The van der Waals surface area contributed by atoms with Crippen molar-refractivity contribution < 1.29 is 14.8 Å². The molecule has 1 unspecified atom stereocenters. The van der Waals surface area contributed by atoms with E-state index in [0.29, 0.717) is 25.2 Å². The number of likely N-dealkylation sites (tertiary alicyclic amines) is 1. The number of nitro benzene ring substituents is 1. The van der Waals surface area contributed by atoms with Gasteiger partial charge in [-0.1, -0.05) is 0 Å². The lowest BCUT2D eigenvalue weighted by Gasteiger charge is -2.18. The molecule has 2 rings (SSSR count). The van der Waals surface area contributed by atoms with Crippen LogP contribution in [0.1, 0.15) is 23.7 Å². The number of aliphatic hydroxyl groups excluding tert-OH is 1. The van der Waals surface area contributed by atoms with Crippen molar-refractivity contribution in [3.63, 3.8) is 0 Å². The molecule has 1 aromatic rings. The highest BCUT2D eigenvalue weighted by Crippen LogP contribution is 2.25. The summed E-state index contributed by atoms with van der Waals surface area (Å²) in [5, 5.41) is 23.4. The summed E-state index contributed by atoms with van der Waals surface area (Å²) in [6.07, 6.45) is 0.0252. The summed E-state index contributed by atoms with van der Waals surface area (Å²) in [4.78, 5) is 24.2. The van der Waals surface area contributed by atoms with Crippen LogP contribution in [0.4, 0.5) is 11.4 Å². The smallest absolute Gasteiger partial charge is 0.270 e. The molecule has 20 heavy (non-hydrogen) atoms. The average molecular weight is 279 g/mol. The Morgan fingerprint density at radius 2 is 2.35 bits per heavy atom. The van der Waals surface area contributed by atoms with E-state index in [-0.39, 0.29) is 23.7 Å². The Kier molecular flexibility index (Phi) is 4.19. The Labute approximate surface area is 116 Å². The monoisotopic (exact) mass is 279 g/mol. The lowest BCUT2D eigenvalue weighted by molar-refractivity contribution is -0.384. The number of carbonyl (C=O) groups is 1. The number of benzene rings is 1. The fraction of sp³-hybridized carbons (Fsp3) is 0.462. The third kappa shape index (κ3) is 2.88. The molecule has 1 amide bonds. The number of anilines is 1. The van der Waals surface area contributed by atoms with Crippen molar-refractivity contribution in [2.75, 3.05) is 25.0 Å². The third-order valence-corrected chi connectivity index (χ3v) is 3.26. The molecule has 0 aromatic heterocycles. The Balaban J connectivity index is 2.33. The molecule has 7 heteroatoms. The van der Waals surface area contributed by atoms with Crippen LogP contribution in [0.2, 0.25) is 0 Å². The fourth-order valence-corrected chi connectivity index (χ4v) is 2.26. The summed E-state index contributed by atoms with van der Waals surface area (Å²) in [6, 6.07) is 4.19. The van der Waals surface area contributed by atoms with Crippen molar-refractivity contribution in [1.29, 1.82) is 0 Å². The van der Waals surface area contributed by atoms with Crippen LogP contribution in [0.3, 0.4) is 0 Å². The van der Waals surface area contributed by atoms with Crippen molar-refractivity contribution in [3.05, 3.63) is 33.9 Å². The van der Waals surface area contributed by atoms with E-state index >= 15 is 0 Å². The molecule has 0 spiro atoms. The quantitative estimate of drug-likeness (QED) is 0.638. The number of nitro groups is 1. The zero-order valence-electron chi connectivity index (χ0n) is 11.2. The van der Waals surface area contributed by atoms with Crippen LogP contribution in [0.25, 0.3) is 0 Å². The first-order valence-corrected chi connectivity index (χ1v) is 6.52.